The van der Waals surface area contributed by atoms with Crippen molar-refractivity contribution in [3.63, 3.8) is 0 Å². The van der Waals surface area contributed by atoms with Crippen LogP contribution in [-0.2, 0) is 7.05 Å². The van der Waals surface area contributed by atoms with E-state index in [-0.39, 0.29) is 11.9 Å². The molecule has 1 heterocycles. The molecule has 0 radical (unpaired) electrons. The topological polar surface area (TPSA) is 50.2 Å². The monoisotopic (exact) mass is 306 g/mol. The van der Waals surface area contributed by atoms with Gasteiger partial charge in [0.1, 0.15) is 5.82 Å². The molecule has 1 aromatic heterocycles. The van der Waals surface area contributed by atoms with E-state index in [1.165, 1.54) is 4.90 Å². The number of hydrogen-bond acceptors (Lipinski definition) is 3. The zero-order valence-electron chi connectivity index (χ0n) is 12.6. The number of halogens is 1. The summed E-state index contributed by atoms with van der Waals surface area (Å²) in [5.74, 6) is 0.804. The van der Waals surface area contributed by atoms with E-state index in [0.29, 0.717) is 10.6 Å². The van der Waals surface area contributed by atoms with Gasteiger partial charge in [0.2, 0.25) is 0 Å². The summed E-state index contributed by atoms with van der Waals surface area (Å²) >= 11 is 6.10. The smallest absolute Gasteiger partial charge is 0.254 e. The van der Waals surface area contributed by atoms with Crippen molar-refractivity contribution in [1.29, 1.82) is 0 Å². The number of rotatable bonds is 4. The van der Waals surface area contributed by atoms with Crippen molar-refractivity contribution in [2.45, 2.75) is 13.0 Å². The Morgan fingerprint density at radius 1 is 1.43 bits per heavy atom. The minimum absolute atomic E-state index is 0.0217. The van der Waals surface area contributed by atoms with Crippen LogP contribution < -0.4 is 5.32 Å². The van der Waals surface area contributed by atoms with Gasteiger partial charge in [-0.2, -0.15) is 0 Å². The number of imidazole rings is 1. The lowest BCUT2D eigenvalue weighted by Gasteiger charge is -2.17. The van der Waals surface area contributed by atoms with E-state index in [4.69, 9.17) is 11.6 Å². The zero-order valence-corrected chi connectivity index (χ0v) is 13.3. The molecular formula is C15H19ClN4O. The summed E-state index contributed by atoms with van der Waals surface area (Å²) in [4.78, 5) is 17.9. The average molecular weight is 307 g/mol. The number of carbonyl (C=O) groups is 1. The Bertz CT molecular complexity index is 651. The minimum atomic E-state index is -0.117. The quantitative estimate of drug-likeness (QED) is 0.945. The lowest BCUT2D eigenvalue weighted by atomic mass is 10.1. The van der Waals surface area contributed by atoms with E-state index in [0.717, 1.165) is 11.5 Å². The summed E-state index contributed by atoms with van der Waals surface area (Å²) in [6, 6.07) is 5.37. The Kier molecular flexibility index (Phi) is 4.53. The first-order valence-corrected chi connectivity index (χ1v) is 7.03. The minimum Gasteiger partial charge on any atom is -0.375 e. The van der Waals surface area contributed by atoms with Crippen LogP contribution in [0, 0.1) is 0 Å². The van der Waals surface area contributed by atoms with Gasteiger partial charge in [-0.05, 0) is 25.1 Å². The molecule has 0 bridgehead atoms. The van der Waals surface area contributed by atoms with Crippen molar-refractivity contribution >= 4 is 23.2 Å². The molecule has 0 aliphatic rings. The number of aromatic nitrogens is 2. The summed E-state index contributed by atoms with van der Waals surface area (Å²) in [7, 11) is 5.36. The van der Waals surface area contributed by atoms with Gasteiger partial charge >= 0.3 is 0 Å². The number of nitrogens with one attached hydrogen (secondary N) is 1. The van der Waals surface area contributed by atoms with Crippen LogP contribution in [0.2, 0.25) is 5.02 Å². The standard InChI is InChI=1S/C15H19ClN4O/c1-10(14-17-7-8-20(14)4)18-11-5-6-13(16)12(9-11)15(21)19(2)3/h5-10,18H,1-4H3. The second-order valence-corrected chi connectivity index (χ2v) is 5.56. The first-order valence-electron chi connectivity index (χ1n) is 6.65. The molecule has 21 heavy (non-hydrogen) atoms. The fraction of sp³-hybridized carbons (Fsp3) is 0.333. The van der Waals surface area contributed by atoms with Crippen molar-refractivity contribution in [3.8, 4) is 0 Å². The highest BCUT2D eigenvalue weighted by molar-refractivity contribution is 6.34. The number of amides is 1. The van der Waals surface area contributed by atoms with E-state index in [9.17, 15) is 4.79 Å². The molecule has 112 valence electrons. The molecule has 0 fully saturated rings. The van der Waals surface area contributed by atoms with Gasteiger partial charge in [-0.3, -0.25) is 4.79 Å². The lowest BCUT2D eigenvalue weighted by molar-refractivity contribution is 0.0828. The van der Waals surface area contributed by atoms with Gasteiger partial charge in [-0.15, -0.1) is 0 Å². The second-order valence-electron chi connectivity index (χ2n) is 5.16. The van der Waals surface area contributed by atoms with Gasteiger partial charge in [-0.25, -0.2) is 4.98 Å². The van der Waals surface area contributed by atoms with Crippen molar-refractivity contribution in [2.24, 2.45) is 7.05 Å². The maximum atomic E-state index is 12.1. The maximum absolute atomic E-state index is 12.1. The van der Waals surface area contributed by atoms with Crippen LogP contribution >= 0.6 is 11.6 Å². The number of nitrogens with zero attached hydrogens (tertiary/aromatic N) is 3. The Morgan fingerprint density at radius 2 is 2.14 bits per heavy atom. The molecule has 2 rings (SSSR count). The molecule has 0 saturated heterocycles. The van der Waals surface area contributed by atoms with Crippen molar-refractivity contribution in [1.82, 2.24) is 14.5 Å². The highest BCUT2D eigenvalue weighted by Gasteiger charge is 2.15. The van der Waals surface area contributed by atoms with Gasteiger partial charge in [0, 0.05) is 39.2 Å². The predicted molar refractivity (Wildman–Crippen MR) is 84.7 cm³/mol. The SMILES string of the molecule is CC(Nc1ccc(Cl)c(C(=O)N(C)C)c1)c1nccn1C. The summed E-state index contributed by atoms with van der Waals surface area (Å²) in [5, 5.41) is 3.78. The third-order valence-corrected chi connectivity index (χ3v) is 3.56. The molecule has 1 aromatic carbocycles. The van der Waals surface area contributed by atoms with Crippen LogP contribution in [0.4, 0.5) is 5.69 Å². The summed E-state index contributed by atoms with van der Waals surface area (Å²) in [6.07, 6.45) is 3.66. The van der Waals surface area contributed by atoms with Crippen LogP contribution in [0.15, 0.2) is 30.6 Å². The number of carbonyl (C=O) groups excluding carboxylic acids is 1. The highest BCUT2D eigenvalue weighted by Crippen LogP contribution is 2.24. The lowest BCUT2D eigenvalue weighted by Crippen LogP contribution is -2.22. The normalized spacial score (nSPS) is 12.0. The Morgan fingerprint density at radius 3 is 2.71 bits per heavy atom. The molecule has 0 aliphatic carbocycles. The fourth-order valence-corrected chi connectivity index (χ4v) is 2.33. The van der Waals surface area contributed by atoms with Crippen molar-refractivity contribution in [3.05, 3.63) is 47.0 Å². The zero-order chi connectivity index (χ0) is 15.6. The van der Waals surface area contributed by atoms with E-state index in [1.54, 1.807) is 32.4 Å². The molecular weight excluding hydrogens is 288 g/mol. The van der Waals surface area contributed by atoms with Crippen LogP contribution in [0.3, 0.4) is 0 Å². The molecule has 5 nitrogen and oxygen atoms in total. The first-order chi connectivity index (χ1) is 9.90. The molecule has 0 aliphatic heterocycles. The molecule has 2 aromatic rings. The summed E-state index contributed by atoms with van der Waals surface area (Å²) < 4.78 is 1.96. The number of aryl methyl sites for hydroxylation is 1. The molecule has 0 spiro atoms. The van der Waals surface area contributed by atoms with Crippen LogP contribution in [0.1, 0.15) is 29.1 Å². The van der Waals surface area contributed by atoms with Gasteiger partial charge < -0.3 is 14.8 Å². The summed E-state index contributed by atoms with van der Waals surface area (Å²) in [5.41, 5.74) is 1.32. The molecule has 1 amide bonds. The summed E-state index contributed by atoms with van der Waals surface area (Å²) in [6.45, 7) is 2.02. The fourth-order valence-electron chi connectivity index (χ4n) is 2.13. The third kappa shape index (κ3) is 3.36. The van der Waals surface area contributed by atoms with Crippen molar-refractivity contribution < 1.29 is 4.79 Å². The van der Waals surface area contributed by atoms with Gasteiger partial charge in [0.25, 0.3) is 5.91 Å². The van der Waals surface area contributed by atoms with E-state index in [1.807, 2.05) is 30.8 Å². The largest absolute Gasteiger partial charge is 0.375 e. The Hall–Kier alpha value is -2.01. The first kappa shape index (κ1) is 15.4. The Balaban J connectivity index is 2.24. The molecule has 6 heteroatoms. The number of benzene rings is 1. The number of anilines is 1. The molecule has 1 atom stereocenters. The predicted octanol–water partition coefficient (Wildman–Crippen LogP) is 2.95. The van der Waals surface area contributed by atoms with E-state index >= 15 is 0 Å². The molecule has 1 unspecified atom stereocenters. The van der Waals surface area contributed by atoms with Gasteiger partial charge in [-0.1, -0.05) is 11.6 Å². The third-order valence-electron chi connectivity index (χ3n) is 3.23. The number of hydrogen-bond donors (Lipinski definition) is 1. The van der Waals surface area contributed by atoms with E-state index < -0.39 is 0 Å². The van der Waals surface area contributed by atoms with Crippen LogP contribution in [0.5, 0.6) is 0 Å². The van der Waals surface area contributed by atoms with Gasteiger partial charge in [0.15, 0.2) is 0 Å². The van der Waals surface area contributed by atoms with E-state index in [2.05, 4.69) is 10.3 Å². The van der Waals surface area contributed by atoms with Crippen molar-refractivity contribution in [2.75, 3.05) is 19.4 Å². The molecule has 0 saturated carbocycles. The van der Waals surface area contributed by atoms with Gasteiger partial charge in [0.05, 0.1) is 16.6 Å². The second kappa shape index (κ2) is 6.18. The Labute approximate surface area is 129 Å². The highest BCUT2D eigenvalue weighted by atomic mass is 35.5. The van der Waals surface area contributed by atoms with Crippen LogP contribution in [0.25, 0.3) is 0 Å². The van der Waals surface area contributed by atoms with Crippen LogP contribution in [-0.4, -0.2) is 34.5 Å². The molecule has 1 N–H and O–H groups in total. The maximum Gasteiger partial charge on any atom is 0.254 e. The average Bonchev–Trinajstić information content (AvgIpc) is 2.86.